The molecular formula is C30H39N5O5S. The van der Waals surface area contributed by atoms with Crippen LogP contribution in [0.4, 0.5) is 5.69 Å². The second-order valence-corrected chi connectivity index (χ2v) is 12.8. The zero-order chi connectivity index (χ0) is 28.7. The lowest BCUT2D eigenvalue weighted by Crippen LogP contribution is -2.39. The van der Waals surface area contributed by atoms with Gasteiger partial charge in [0, 0.05) is 43.7 Å². The molecule has 10 nitrogen and oxygen atoms in total. The maximum absolute atomic E-state index is 13.0. The Morgan fingerprint density at radius 2 is 1.73 bits per heavy atom. The van der Waals surface area contributed by atoms with E-state index in [0.717, 1.165) is 69.1 Å². The first-order chi connectivity index (χ1) is 19.8. The molecule has 5 rings (SSSR count). The minimum atomic E-state index is -3.31. The van der Waals surface area contributed by atoms with Crippen LogP contribution in [0.5, 0.6) is 0 Å². The van der Waals surface area contributed by atoms with Crippen LogP contribution in [0.3, 0.4) is 0 Å². The topological polar surface area (TPSA) is 127 Å². The molecule has 3 aromatic rings. The summed E-state index contributed by atoms with van der Waals surface area (Å²) in [6.45, 7) is 4.09. The third-order valence-electron chi connectivity index (χ3n) is 7.88. The Balaban J connectivity index is 1.10. The molecule has 0 bridgehead atoms. The molecule has 1 atom stereocenters. The fraction of sp³-hybridized carbons (Fsp3) is 0.500. The van der Waals surface area contributed by atoms with E-state index < -0.39 is 10.0 Å². The smallest absolute Gasteiger partial charge is 0.229 e. The number of anilines is 1. The van der Waals surface area contributed by atoms with Crippen molar-refractivity contribution in [1.82, 2.24) is 20.4 Å². The van der Waals surface area contributed by atoms with Crippen LogP contribution in [0.25, 0.3) is 0 Å². The van der Waals surface area contributed by atoms with Crippen LogP contribution < -0.4 is 10.0 Å². The van der Waals surface area contributed by atoms with Crippen molar-refractivity contribution in [2.75, 3.05) is 43.8 Å². The van der Waals surface area contributed by atoms with E-state index in [-0.39, 0.29) is 23.8 Å². The summed E-state index contributed by atoms with van der Waals surface area (Å²) < 4.78 is 36.3. The summed E-state index contributed by atoms with van der Waals surface area (Å²) in [7, 11) is -3.31. The Hall–Kier alpha value is -3.28. The molecule has 2 N–H and O–H groups in total. The number of rotatable bonds is 11. The van der Waals surface area contributed by atoms with Gasteiger partial charge in [0.25, 0.3) is 0 Å². The van der Waals surface area contributed by atoms with Crippen LogP contribution in [-0.2, 0) is 26.0 Å². The molecule has 2 saturated heterocycles. The number of ether oxygens (including phenoxy) is 1. The summed E-state index contributed by atoms with van der Waals surface area (Å²) in [5.41, 5.74) is 2.64. The highest BCUT2D eigenvalue weighted by molar-refractivity contribution is 7.92. The Kier molecular flexibility index (Phi) is 9.68. The van der Waals surface area contributed by atoms with Crippen molar-refractivity contribution >= 4 is 21.6 Å². The van der Waals surface area contributed by atoms with Crippen molar-refractivity contribution in [2.24, 2.45) is 5.92 Å². The van der Waals surface area contributed by atoms with Crippen LogP contribution in [0.15, 0.2) is 59.1 Å². The summed E-state index contributed by atoms with van der Waals surface area (Å²) in [4.78, 5) is 20.1. The average molecular weight is 582 g/mol. The lowest BCUT2D eigenvalue weighted by molar-refractivity contribution is -0.128. The number of amides is 1. The zero-order valence-corrected chi connectivity index (χ0v) is 24.3. The number of piperidine rings is 1. The molecular weight excluding hydrogens is 542 g/mol. The molecule has 1 amide bonds. The summed E-state index contributed by atoms with van der Waals surface area (Å²) in [5.74, 6) is 1.70. The van der Waals surface area contributed by atoms with Gasteiger partial charge in [0.05, 0.1) is 12.3 Å². The lowest BCUT2D eigenvalue weighted by Gasteiger charge is -2.32. The SMILES string of the molecule is CS(=O)(=O)Nc1ccc(Cc2noc(C3CCN(CC[C@H](NC(=O)C4CCOCC4)c4ccccc4)CC3)n2)cc1. The Morgan fingerprint density at radius 1 is 1.02 bits per heavy atom. The molecule has 1 aromatic heterocycles. The van der Waals surface area contributed by atoms with Crippen molar-refractivity contribution < 1.29 is 22.5 Å². The third kappa shape index (κ3) is 8.61. The van der Waals surface area contributed by atoms with Crippen molar-refractivity contribution in [1.29, 1.82) is 0 Å². The second kappa shape index (κ2) is 13.6. The largest absolute Gasteiger partial charge is 0.381 e. The van der Waals surface area contributed by atoms with E-state index in [0.29, 0.717) is 37.0 Å². The quantitative estimate of drug-likeness (QED) is 0.349. The van der Waals surface area contributed by atoms with Gasteiger partial charge in [0.2, 0.25) is 21.8 Å². The highest BCUT2D eigenvalue weighted by Crippen LogP contribution is 2.28. The monoisotopic (exact) mass is 581 g/mol. The molecule has 0 unspecified atom stereocenters. The summed E-state index contributed by atoms with van der Waals surface area (Å²) >= 11 is 0. The molecule has 0 radical (unpaired) electrons. The number of benzene rings is 2. The van der Waals surface area contributed by atoms with E-state index in [9.17, 15) is 13.2 Å². The summed E-state index contributed by atoms with van der Waals surface area (Å²) in [5, 5.41) is 7.52. The predicted molar refractivity (Wildman–Crippen MR) is 156 cm³/mol. The molecule has 0 spiro atoms. The second-order valence-electron chi connectivity index (χ2n) is 11.1. The maximum atomic E-state index is 13.0. The Bertz CT molecular complexity index is 1370. The fourth-order valence-corrected chi connectivity index (χ4v) is 6.13. The van der Waals surface area contributed by atoms with Crippen LogP contribution in [-0.4, -0.2) is 68.5 Å². The number of likely N-dealkylation sites (tertiary alicyclic amines) is 1. The van der Waals surface area contributed by atoms with Gasteiger partial charge in [-0.15, -0.1) is 0 Å². The Labute approximate surface area is 241 Å². The summed E-state index contributed by atoms with van der Waals surface area (Å²) in [6, 6.07) is 17.4. The maximum Gasteiger partial charge on any atom is 0.229 e. The molecule has 11 heteroatoms. The number of carbonyl (C=O) groups excluding carboxylic acids is 1. The number of sulfonamides is 1. The molecule has 2 fully saturated rings. The van der Waals surface area contributed by atoms with Gasteiger partial charge in [-0.3, -0.25) is 9.52 Å². The van der Waals surface area contributed by atoms with E-state index in [1.807, 2.05) is 30.3 Å². The number of aromatic nitrogens is 2. The van der Waals surface area contributed by atoms with Gasteiger partial charge < -0.3 is 19.5 Å². The van der Waals surface area contributed by atoms with Crippen LogP contribution in [0.1, 0.15) is 66.9 Å². The molecule has 3 heterocycles. The number of hydrogen-bond donors (Lipinski definition) is 2. The normalized spacial score (nSPS) is 18.2. The van der Waals surface area contributed by atoms with Gasteiger partial charge in [-0.1, -0.05) is 47.6 Å². The van der Waals surface area contributed by atoms with Gasteiger partial charge in [-0.25, -0.2) is 8.42 Å². The molecule has 2 aromatic carbocycles. The third-order valence-corrected chi connectivity index (χ3v) is 8.49. The van der Waals surface area contributed by atoms with E-state index >= 15 is 0 Å². The molecule has 2 aliphatic heterocycles. The van der Waals surface area contributed by atoms with E-state index in [1.165, 1.54) is 0 Å². The molecule has 220 valence electrons. The van der Waals surface area contributed by atoms with Crippen molar-refractivity contribution in [2.45, 2.75) is 50.5 Å². The van der Waals surface area contributed by atoms with Gasteiger partial charge in [-0.05, 0) is 68.5 Å². The zero-order valence-electron chi connectivity index (χ0n) is 23.5. The first-order valence-corrected chi connectivity index (χ1v) is 16.3. The molecule has 0 saturated carbocycles. The van der Waals surface area contributed by atoms with Crippen molar-refractivity contribution in [3.8, 4) is 0 Å². The first-order valence-electron chi connectivity index (χ1n) is 14.4. The van der Waals surface area contributed by atoms with E-state index in [4.69, 9.17) is 9.26 Å². The van der Waals surface area contributed by atoms with Crippen LogP contribution in [0.2, 0.25) is 0 Å². The van der Waals surface area contributed by atoms with E-state index in [1.54, 1.807) is 12.1 Å². The minimum absolute atomic E-state index is 0.0148. The van der Waals surface area contributed by atoms with Crippen LogP contribution in [0, 0.1) is 5.92 Å². The molecule has 2 aliphatic rings. The average Bonchev–Trinajstić information content (AvgIpc) is 3.45. The fourth-order valence-electron chi connectivity index (χ4n) is 5.56. The highest BCUT2D eigenvalue weighted by atomic mass is 32.2. The number of hydrogen-bond acceptors (Lipinski definition) is 8. The van der Waals surface area contributed by atoms with Crippen LogP contribution >= 0.6 is 0 Å². The Morgan fingerprint density at radius 3 is 2.41 bits per heavy atom. The molecule has 0 aliphatic carbocycles. The number of nitrogens with zero attached hydrogens (tertiary/aromatic N) is 3. The van der Waals surface area contributed by atoms with Gasteiger partial charge >= 0.3 is 0 Å². The highest BCUT2D eigenvalue weighted by Gasteiger charge is 2.27. The van der Waals surface area contributed by atoms with Crippen molar-refractivity contribution in [3.63, 3.8) is 0 Å². The molecule has 41 heavy (non-hydrogen) atoms. The lowest BCUT2D eigenvalue weighted by atomic mass is 9.95. The van der Waals surface area contributed by atoms with Crippen molar-refractivity contribution in [3.05, 3.63) is 77.4 Å². The number of nitrogens with one attached hydrogen (secondary N) is 2. The van der Waals surface area contributed by atoms with Gasteiger partial charge in [0.1, 0.15) is 0 Å². The predicted octanol–water partition coefficient (Wildman–Crippen LogP) is 3.89. The van der Waals surface area contributed by atoms with E-state index in [2.05, 4.69) is 37.2 Å². The van der Waals surface area contributed by atoms with Gasteiger partial charge in [0.15, 0.2) is 5.82 Å². The van der Waals surface area contributed by atoms with Gasteiger partial charge in [-0.2, -0.15) is 4.98 Å². The minimum Gasteiger partial charge on any atom is -0.381 e. The first kappa shape index (κ1) is 29.2. The summed E-state index contributed by atoms with van der Waals surface area (Å²) in [6.07, 6.45) is 5.95. The number of carbonyl (C=O) groups is 1. The standard InChI is InChI=1S/C30H39N5O5S/c1-41(37,38)34-26-9-7-22(8-10-26)21-28-32-30(40-33-28)25-11-16-35(17-12-25)18-13-27(23-5-3-2-4-6-23)31-29(36)24-14-19-39-20-15-24/h2-10,24-25,27,34H,11-21H2,1H3,(H,31,36)/t27-/m0/s1.